The van der Waals surface area contributed by atoms with E-state index in [4.69, 9.17) is 25.8 Å². The number of carbonyl (C=O) groups excluding carboxylic acids is 4. The third kappa shape index (κ3) is 8.73. The van der Waals surface area contributed by atoms with E-state index in [-0.39, 0.29) is 29.5 Å². The monoisotopic (exact) mass is 853 g/mol. The summed E-state index contributed by atoms with van der Waals surface area (Å²) in [5, 5.41) is 8.09. The standard InChI is InChI=1S/C41H48ClN5O9S2/c1-10-24-20-41(24,37(50)46-58(52,53)36-22(2)28-13-11-25(42)18-31(28)57-36)45-33(48)30-19-27(55-34-29-14-12-26(54-9)17-23(29)15-16-43-34)21-47(30)35(49)32(39(3,4)5)44-38(51)56-40(6,7)8/h10-18,24,27,30,32H,1,19-21H2,2-9H3,(H,44,51)(H,45,48)(H,46,50)/t24-,27?,30+,32-,41-/m1/s1. The maximum Gasteiger partial charge on any atom is 0.408 e. The molecule has 1 aliphatic carbocycles. The van der Waals surface area contributed by atoms with Crippen LogP contribution in [0.4, 0.5) is 4.79 Å². The normalized spacial score (nSPS) is 21.3. The number of rotatable bonds is 11. The minimum absolute atomic E-state index is 0.0204. The Kier molecular flexibility index (Phi) is 11.5. The van der Waals surface area contributed by atoms with Gasteiger partial charge in [-0.15, -0.1) is 17.9 Å². The first kappa shape index (κ1) is 42.7. The molecule has 1 saturated carbocycles. The molecule has 5 atom stereocenters. The van der Waals surface area contributed by atoms with Crippen molar-refractivity contribution >= 4 is 77.6 Å². The number of aryl methyl sites for hydroxylation is 1. The molecule has 2 aromatic heterocycles. The number of nitrogens with zero attached hydrogens (tertiary/aromatic N) is 2. The zero-order valence-corrected chi connectivity index (χ0v) is 36.0. The third-order valence-electron chi connectivity index (χ3n) is 10.2. The molecule has 2 aliphatic rings. The van der Waals surface area contributed by atoms with Crippen LogP contribution in [0.15, 0.2) is 65.5 Å². The van der Waals surface area contributed by atoms with Gasteiger partial charge in [-0.25, -0.2) is 22.9 Å². The van der Waals surface area contributed by atoms with Crippen molar-refractivity contribution in [2.45, 2.75) is 94.8 Å². The van der Waals surface area contributed by atoms with Crippen molar-refractivity contribution in [2.24, 2.45) is 11.3 Å². The number of hydrogen-bond donors (Lipinski definition) is 3. The van der Waals surface area contributed by atoms with Gasteiger partial charge in [0.15, 0.2) is 0 Å². The molecule has 0 radical (unpaired) electrons. The second-order valence-electron chi connectivity index (χ2n) is 16.7. The second-order valence-corrected chi connectivity index (χ2v) is 20.1. The first-order chi connectivity index (χ1) is 27.1. The number of alkyl carbamates (subject to hydrolysis) is 1. The molecule has 1 unspecified atom stereocenters. The maximum absolute atomic E-state index is 14.6. The zero-order valence-electron chi connectivity index (χ0n) is 33.6. The van der Waals surface area contributed by atoms with Gasteiger partial charge in [0.25, 0.3) is 15.9 Å². The van der Waals surface area contributed by atoms with Gasteiger partial charge in [0.1, 0.15) is 39.3 Å². The molecular weight excluding hydrogens is 806 g/mol. The molecule has 6 rings (SSSR count). The van der Waals surface area contributed by atoms with Crippen LogP contribution < -0.4 is 24.8 Å². The molecule has 0 bridgehead atoms. The van der Waals surface area contributed by atoms with Crippen LogP contribution in [0.2, 0.25) is 5.02 Å². The summed E-state index contributed by atoms with van der Waals surface area (Å²) in [4.78, 5) is 61.9. The highest BCUT2D eigenvalue weighted by Gasteiger charge is 2.61. The molecule has 310 valence electrons. The van der Waals surface area contributed by atoms with Crippen molar-refractivity contribution < 1.29 is 41.8 Å². The number of aromatic nitrogens is 1. The predicted octanol–water partition coefficient (Wildman–Crippen LogP) is 6.27. The molecule has 3 heterocycles. The van der Waals surface area contributed by atoms with Gasteiger partial charge in [-0.1, -0.05) is 44.5 Å². The Morgan fingerprint density at radius 2 is 1.78 bits per heavy atom. The van der Waals surface area contributed by atoms with E-state index in [1.54, 1.807) is 98.2 Å². The van der Waals surface area contributed by atoms with Crippen LogP contribution in [0, 0.1) is 18.3 Å². The topological polar surface area (TPSA) is 182 Å². The molecule has 17 heteroatoms. The van der Waals surface area contributed by atoms with E-state index in [1.165, 1.54) is 11.0 Å². The number of nitrogens with one attached hydrogen (secondary N) is 3. The third-order valence-corrected chi connectivity index (χ3v) is 13.7. The van der Waals surface area contributed by atoms with Crippen molar-refractivity contribution in [3.05, 3.63) is 71.9 Å². The fraction of sp³-hybridized carbons (Fsp3) is 0.439. The first-order valence-corrected chi connectivity index (χ1v) is 21.3. The number of sulfonamides is 1. The number of hydrogen-bond acceptors (Lipinski definition) is 11. The quantitative estimate of drug-likeness (QED) is 0.145. The Labute approximate surface area is 346 Å². The Morgan fingerprint density at radius 1 is 1.07 bits per heavy atom. The molecule has 2 fully saturated rings. The van der Waals surface area contributed by atoms with Gasteiger partial charge in [-0.3, -0.25) is 14.4 Å². The summed E-state index contributed by atoms with van der Waals surface area (Å²) in [6.45, 7) is 15.8. The molecule has 4 amide bonds. The summed E-state index contributed by atoms with van der Waals surface area (Å²) in [6.07, 6.45) is 1.53. The van der Waals surface area contributed by atoms with Crippen LogP contribution in [0.25, 0.3) is 20.9 Å². The summed E-state index contributed by atoms with van der Waals surface area (Å²) in [6, 6.07) is 9.86. The molecule has 4 aromatic rings. The van der Waals surface area contributed by atoms with Gasteiger partial charge in [0.2, 0.25) is 17.7 Å². The predicted molar refractivity (Wildman–Crippen MR) is 222 cm³/mol. The molecule has 58 heavy (non-hydrogen) atoms. The van der Waals surface area contributed by atoms with Crippen molar-refractivity contribution in [2.75, 3.05) is 13.7 Å². The molecule has 14 nitrogen and oxygen atoms in total. The van der Waals surface area contributed by atoms with Crippen LogP contribution in [-0.4, -0.2) is 85.1 Å². The van der Waals surface area contributed by atoms with Gasteiger partial charge in [0.05, 0.1) is 13.7 Å². The van der Waals surface area contributed by atoms with Gasteiger partial charge in [-0.2, -0.15) is 0 Å². The molecule has 2 aromatic carbocycles. The van der Waals surface area contributed by atoms with Crippen LogP contribution in [0.1, 0.15) is 59.9 Å². The lowest BCUT2D eigenvalue weighted by Gasteiger charge is -2.36. The van der Waals surface area contributed by atoms with E-state index in [2.05, 4.69) is 26.9 Å². The van der Waals surface area contributed by atoms with Gasteiger partial charge in [0, 0.05) is 33.6 Å². The first-order valence-electron chi connectivity index (χ1n) is 18.7. The number of amides is 4. The highest BCUT2D eigenvalue weighted by molar-refractivity contribution is 7.92. The van der Waals surface area contributed by atoms with Crippen molar-refractivity contribution in [3.8, 4) is 11.6 Å². The average molecular weight is 854 g/mol. The summed E-state index contributed by atoms with van der Waals surface area (Å²) in [5.41, 5.74) is -2.93. The number of benzene rings is 2. The van der Waals surface area contributed by atoms with E-state index >= 15 is 0 Å². The summed E-state index contributed by atoms with van der Waals surface area (Å²) in [7, 11) is -2.84. The molecule has 0 spiro atoms. The van der Waals surface area contributed by atoms with Crippen LogP contribution in [0.5, 0.6) is 11.6 Å². The average Bonchev–Trinajstić information content (AvgIpc) is 3.52. The van der Waals surface area contributed by atoms with Crippen molar-refractivity contribution in [1.29, 1.82) is 0 Å². The van der Waals surface area contributed by atoms with Crippen LogP contribution >= 0.6 is 22.9 Å². The minimum Gasteiger partial charge on any atom is -0.497 e. The van der Waals surface area contributed by atoms with Crippen molar-refractivity contribution in [1.82, 2.24) is 25.2 Å². The Balaban J connectivity index is 1.30. The summed E-state index contributed by atoms with van der Waals surface area (Å²) < 4.78 is 47.5. The maximum atomic E-state index is 14.6. The number of fused-ring (bicyclic) bond motifs is 2. The second kappa shape index (κ2) is 15.7. The van der Waals surface area contributed by atoms with Gasteiger partial charge >= 0.3 is 6.09 Å². The van der Waals surface area contributed by atoms with E-state index < -0.39 is 74.5 Å². The SMILES string of the molecule is C=C[C@@H]1C[C@]1(NC(=O)[C@@H]1CC(Oc2nccc3cc(OC)ccc23)CN1C(=O)[C@@H](NC(=O)OC(C)(C)C)C(C)(C)C)C(=O)NS(=O)(=O)c1sc2cc(Cl)ccc2c1C. The number of likely N-dealkylation sites (tertiary alicyclic amines) is 1. The highest BCUT2D eigenvalue weighted by atomic mass is 35.5. The highest BCUT2D eigenvalue weighted by Crippen LogP contribution is 2.46. The van der Waals surface area contributed by atoms with E-state index in [9.17, 15) is 27.6 Å². The van der Waals surface area contributed by atoms with E-state index in [1.807, 2.05) is 6.07 Å². The molecular formula is C41H48ClN5O9S2. The Morgan fingerprint density at radius 3 is 2.41 bits per heavy atom. The number of thiophene rings is 1. The molecule has 1 saturated heterocycles. The van der Waals surface area contributed by atoms with E-state index in [0.29, 0.717) is 31.8 Å². The summed E-state index contributed by atoms with van der Waals surface area (Å²) >= 11 is 7.13. The Bertz CT molecular complexity index is 2420. The van der Waals surface area contributed by atoms with Gasteiger partial charge in [-0.05, 0) is 92.3 Å². The Hall–Kier alpha value is -4.93. The smallest absolute Gasteiger partial charge is 0.408 e. The fourth-order valence-electron chi connectivity index (χ4n) is 7.15. The van der Waals surface area contributed by atoms with Crippen molar-refractivity contribution in [3.63, 3.8) is 0 Å². The largest absolute Gasteiger partial charge is 0.497 e. The number of carbonyl (C=O) groups is 4. The van der Waals surface area contributed by atoms with Crippen LogP contribution in [0.3, 0.4) is 0 Å². The van der Waals surface area contributed by atoms with Crippen LogP contribution in [-0.2, 0) is 29.1 Å². The number of ether oxygens (including phenoxy) is 3. The number of pyridine rings is 1. The lowest BCUT2D eigenvalue weighted by molar-refractivity contribution is -0.143. The lowest BCUT2D eigenvalue weighted by Crippen LogP contribution is -2.60. The lowest BCUT2D eigenvalue weighted by atomic mass is 9.85. The fourth-order valence-corrected chi connectivity index (χ4v) is 10.2. The van der Waals surface area contributed by atoms with Gasteiger partial charge < -0.3 is 29.7 Å². The number of methoxy groups -OCH3 is 1. The zero-order chi connectivity index (χ0) is 42.5. The number of halogens is 1. The molecule has 1 aliphatic heterocycles. The molecule has 3 N–H and O–H groups in total. The minimum atomic E-state index is -4.40. The van der Waals surface area contributed by atoms with E-state index in [0.717, 1.165) is 16.7 Å². The summed E-state index contributed by atoms with van der Waals surface area (Å²) in [5.74, 6) is -1.95.